The third-order valence-corrected chi connectivity index (χ3v) is 12.6. The van der Waals surface area contributed by atoms with Gasteiger partial charge < -0.3 is 41.1 Å². The van der Waals surface area contributed by atoms with Crippen molar-refractivity contribution in [2.45, 2.75) is 110 Å². The Morgan fingerprint density at radius 3 is 1.66 bits per heavy atom. The minimum Gasteiger partial charge on any atom is -0.445 e. The van der Waals surface area contributed by atoms with Crippen molar-refractivity contribution in [1.29, 1.82) is 0 Å². The number of fused-ring (bicyclic) bond motifs is 2. The van der Waals surface area contributed by atoms with Crippen LogP contribution in [-0.2, 0) is 22.7 Å². The summed E-state index contributed by atoms with van der Waals surface area (Å²) in [5.74, 6) is 0.614. The molecule has 0 saturated heterocycles. The van der Waals surface area contributed by atoms with E-state index in [0.717, 1.165) is 118 Å². The number of para-hydroxylation sites is 2. The standard InChI is InChI=1S/C27H29N5O2.C14H20N2O2.C13H10ClN3.CH4/c1-18-15-29-26(32-25(18)23-16-28-24-13-6-5-12-22(23)24)30-20-10-7-11-21(14-20)31-27(33)34-17-19-8-3-2-4-9-19;15-12-7-4-8-13(9-12)16-14(17)18-10-11-5-2-1-3-6-11;1-8-6-16-13(14)17-12(8)10-7-15-11-5-3-2-4-9(10)11;/h2-6,8-9,12-13,15-16,20-21,28H,7,10-11,14,17H2,1H3,(H,31,33)(H,29,30,32);1-3,5-6,12-13H,4,7-10,15H2,(H,16,17);2-7,15H,1H3;1H4/t20-,21+;12-,13+;;/m11../s1. The monoisotopic (exact) mass is 962 g/mol. The molecule has 364 valence electrons. The van der Waals surface area contributed by atoms with Crippen molar-refractivity contribution in [3.63, 3.8) is 0 Å². The average molecular weight is 964 g/mol. The molecule has 4 aromatic heterocycles. The van der Waals surface area contributed by atoms with Crippen molar-refractivity contribution in [1.82, 2.24) is 40.5 Å². The molecule has 0 bridgehead atoms. The SMILES string of the molecule is C.Cc1cnc(Cl)nc1-c1c[nH]c2ccccc12.Cc1cnc(N[C@@H]2CCC[C@H](NC(=O)OCc3ccccc3)C2)nc1-c1c[nH]c2ccccc12.N[C@@H]1CCC[C@H](NC(=O)OCc2ccccc2)C1. The largest absolute Gasteiger partial charge is 0.445 e. The van der Waals surface area contributed by atoms with E-state index in [4.69, 9.17) is 31.8 Å². The van der Waals surface area contributed by atoms with Gasteiger partial charge in [0.05, 0.1) is 11.4 Å². The number of carbonyl (C=O) groups excluding carboxylic acids is 2. The van der Waals surface area contributed by atoms with Gasteiger partial charge in [0.25, 0.3) is 0 Å². The van der Waals surface area contributed by atoms with Crippen LogP contribution in [0, 0.1) is 13.8 Å². The normalized spacial score (nSPS) is 17.4. The molecule has 2 saturated carbocycles. The fourth-order valence-corrected chi connectivity index (χ4v) is 9.00. The Morgan fingerprint density at radius 2 is 1.10 bits per heavy atom. The first-order chi connectivity index (χ1) is 33.6. The molecule has 0 unspecified atom stereocenters. The Hall–Kier alpha value is -7.29. The van der Waals surface area contributed by atoms with Crippen LogP contribution in [0.25, 0.3) is 44.3 Å². The average Bonchev–Trinajstić information content (AvgIpc) is 4.00. The number of amides is 2. The van der Waals surface area contributed by atoms with E-state index >= 15 is 0 Å². The molecule has 7 N–H and O–H groups in total. The third kappa shape index (κ3) is 13.9. The van der Waals surface area contributed by atoms with E-state index in [1.807, 2.05) is 123 Å². The Bertz CT molecular complexity index is 2930. The van der Waals surface area contributed by atoms with Gasteiger partial charge in [0.1, 0.15) is 13.2 Å². The van der Waals surface area contributed by atoms with E-state index in [0.29, 0.717) is 12.6 Å². The molecule has 70 heavy (non-hydrogen) atoms. The lowest BCUT2D eigenvalue weighted by Crippen LogP contribution is -2.42. The minimum atomic E-state index is -0.372. The zero-order valence-corrected chi connectivity index (χ0v) is 39.7. The summed E-state index contributed by atoms with van der Waals surface area (Å²) in [7, 11) is 0. The number of aryl methyl sites for hydroxylation is 2. The topological polar surface area (TPSA) is 198 Å². The van der Waals surface area contributed by atoms with Crippen molar-refractivity contribution in [3.8, 4) is 22.5 Å². The van der Waals surface area contributed by atoms with E-state index in [2.05, 4.69) is 59.1 Å². The van der Waals surface area contributed by atoms with Gasteiger partial charge >= 0.3 is 12.2 Å². The molecular formula is C55H63ClN10O4. The van der Waals surface area contributed by atoms with Crippen molar-refractivity contribution >= 4 is 51.5 Å². The second kappa shape index (κ2) is 24.8. The number of ether oxygens (including phenoxy) is 2. The van der Waals surface area contributed by atoms with Crippen LogP contribution >= 0.6 is 11.6 Å². The Balaban J connectivity index is 0.000000169. The van der Waals surface area contributed by atoms with Crippen LogP contribution in [0.1, 0.15) is 81.0 Å². The summed E-state index contributed by atoms with van der Waals surface area (Å²) >= 11 is 5.85. The number of rotatable bonds is 10. The van der Waals surface area contributed by atoms with Gasteiger partial charge in [-0.2, -0.15) is 0 Å². The molecule has 4 aromatic carbocycles. The Morgan fingerprint density at radius 1 is 0.629 bits per heavy atom. The molecule has 4 atom stereocenters. The molecule has 0 aliphatic heterocycles. The van der Waals surface area contributed by atoms with Gasteiger partial charge in [-0.15, -0.1) is 0 Å². The number of halogens is 1. The maximum absolute atomic E-state index is 12.3. The number of anilines is 1. The zero-order valence-electron chi connectivity index (χ0n) is 39.0. The van der Waals surface area contributed by atoms with E-state index < -0.39 is 0 Å². The zero-order chi connectivity index (χ0) is 48.0. The molecular weight excluding hydrogens is 900 g/mol. The number of nitrogens with one attached hydrogen (secondary N) is 5. The summed E-state index contributed by atoms with van der Waals surface area (Å²) < 4.78 is 10.6. The molecule has 2 aliphatic rings. The van der Waals surface area contributed by atoms with Gasteiger partial charge in [-0.1, -0.05) is 104 Å². The van der Waals surface area contributed by atoms with Crippen LogP contribution in [-0.4, -0.2) is 66.3 Å². The van der Waals surface area contributed by atoms with E-state index in [1.54, 1.807) is 6.20 Å². The summed E-state index contributed by atoms with van der Waals surface area (Å²) in [6, 6.07) is 36.3. The Labute approximate surface area is 414 Å². The van der Waals surface area contributed by atoms with Gasteiger partial charge in [-0.25, -0.2) is 29.5 Å². The lowest BCUT2D eigenvalue weighted by atomic mass is 9.91. The lowest BCUT2D eigenvalue weighted by Gasteiger charge is -2.30. The van der Waals surface area contributed by atoms with E-state index in [-0.39, 0.29) is 55.7 Å². The Kier molecular flexibility index (Phi) is 17.9. The van der Waals surface area contributed by atoms with Crippen LogP contribution in [0.5, 0.6) is 0 Å². The number of H-pyrrole nitrogens is 2. The summed E-state index contributed by atoms with van der Waals surface area (Å²) in [6.07, 6.45) is 14.6. The number of hydrogen-bond acceptors (Lipinski definition) is 10. The number of nitrogens with two attached hydrogens (primary N) is 1. The van der Waals surface area contributed by atoms with Crippen molar-refractivity contribution < 1.29 is 19.1 Å². The predicted octanol–water partition coefficient (Wildman–Crippen LogP) is 12.0. The molecule has 2 aliphatic carbocycles. The minimum absolute atomic E-state index is 0. The molecule has 2 fully saturated rings. The quantitative estimate of drug-likeness (QED) is 0.0717. The number of aromatic nitrogens is 6. The van der Waals surface area contributed by atoms with Gasteiger partial charge in [-0.05, 0) is 111 Å². The highest BCUT2D eigenvalue weighted by molar-refractivity contribution is 6.28. The number of hydrogen-bond donors (Lipinski definition) is 6. The van der Waals surface area contributed by atoms with Crippen molar-refractivity contribution in [3.05, 3.63) is 162 Å². The summed E-state index contributed by atoms with van der Waals surface area (Å²) in [5.41, 5.74) is 16.0. The number of alkyl carbamates (subject to hydrolysis) is 2. The van der Waals surface area contributed by atoms with Crippen LogP contribution in [0.4, 0.5) is 15.5 Å². The fraction of sp³-hybridized carbons (Fsp3) is 0.309. The second-order valence-electron chi connectivity index (χ2n) is 17.6. The van der Waals surface area contributed by atoms with E-state index in [1.165, 1.54) is 0 Å². The van der Waals surface area contributed by atoms with Crippen LogP contribution < -0.4 is 21.7 Å². The molecule has 15 heteroatoms. The maximum atomic E-state index is 12.3. The first-order valence-electron chi connectivity index (χ1n) is 23.6. The molecule has 8 aromatic rings. The molecule has 4 heterocycles. The summed E-state index contributed by atoms with van der Waals surface area (Å²) in [6.45, 7) is 4.59. The van der Waals surface area contributed by atoms with Crippen LogP contribution in [0.2, 0.25) is 5.28 Å². The number of benzene rings is 4. The molecule has 2 amide bonds. The maximum Gasteiger partial charge on any atom is 0.407 e. The first kappa shape index (κ1) is 50.6. The third-order valence-electron chi connectivity index (χ3n) is 12.4. The van der Waals surface area contributed by atoms with E-state index in [9.17, 15) is 9.59 Å². The summed E-state index contributed by atoms with van der Waals surface area (Å²) in [4.78, 5) is 48.1. The smallest absolute Gasteiger partial charge is 0.407 e. The van der Waals surface area contributed by atoms with Gasteiger partial charge in [0.15, 0.2) is 0 Å². The number of aromatic amines is 2. The fourth-order valence-electron chi connectivity index (χ4n) is 8.87. The highest BCUT2D eigenvalue weighted by Gasteiger charge is 2.25. The second-order valence-corrected chi connectivity index (χ2v) is 18.0. The highest BCUT2D eigenvalue weighted by Crippen LogP contribution is 2.31. The number of carbonyl (C=O) groups is 2. The highest BCUT2D eigenvalue weighted by atomic mass is 35.5. The predicted molar refractivity (Wildman–Crippen MR) is 279 cm³/mol. The lowest BCUT2D eigenvalue weighted by molar-refractivity contribution is 0.131. The molecule has 14 nitrogen and oxygen atoms in total. The van der Waals surface area contributed by atoms with Crippen molar-refractivity contribution in [2.75, 3.05) is 5.32 Å². The molecule has 10 rings (SSSR count). The number of nitrogens with zero attached hydrogens (tertiary/aromatic N) is 4. The first-order valence-corrected chi connectivity index (χ1v) is 23.9. The molecule has 0 radical (unpaired) electrons. The van der Waals surface area contributed by atoms with Crippen molar-refractivity contribution in [2.24, 2.45) is 5.73 Å². The van der Waals surface area contributed by atoms with Gasteiger partial charge in [-0.3, -0.25) is 0 Å². The van der Waals surface area contributed by atoms with Crippen LogP contribution in [0.15, 0.2) is 134 Å². The van der Waals surface area contributed by atoms with Gasteiger partial charge in [0.2, 0.25) is 11.2 Å². The summed E-state index contributed by atoms with van der Waals surface area (Å²) in [5, 5.41) is 12.0. The van der Waals surface area contributed by atoms with Gasteiger partial charge in [0, 0.05) is 81.9 Å². The van der Waals surface area contributed by atoms with Crippen LogP contribution in [0.3, 0.4) is 0 Å². The molecule has 0 spiro atoms.